The molecule has 0 radical (unpaired) electrons. The van der Waals surface area contributed by atoms with E-state index >= 15 is 9.59 Å². The molecule has 0 saturated heterocycles. The van der Waals surface area contributed by atoms with Crippen molar-refractivity contribution < 1.29 is 9.59 Å². The van der Waals surface area contributed by atoms with Crippen molar-refractivity contribution in [1.82, 2.24) is 0 Å². The van der Waals surface area contributed by atoms with Gasteiger partial charge in [0.1, 0.15) is 0 Å². The summed E-state index contributed by atoms with van der Waals surface area (Å²) in [7, 11) is 0. The second kappa shape index (κ2) is 21.7. The minimum atomic E-state index is -0.0193. The molecule has 6 heteroatoms. The molecule has 0 spiro atoms. The lowest BCUT2D eigenvalue weighted by Gasteiger charge is -2.24. The summed E-state index contributed by atoms with van der Waals surface area (Å²) in [6, 6.07) is 17.9. The van der Waals surface area contributed by atoms with E-state index < -0.39 is 0 Å². The lowest BCUT2D eigenvalue weighted by atomic mass is 9.94. The van der Waals surface area contributed by atoms with Crippen LogP contribution in [0.2, 0.25) is 0 Å². The summed E-state index contributed by atoms with van der Waals surface area (Å²) >= 11 is 3.61. The Morgan fingerprint density at radius 3 is 1.29 bits per heavy atom. The lowest BCUT2D eigenvalue weighted by molar-refractivity contribution is -0.114. The molecule has 0 aliphatic carbocycles. The van der Waals surface area contributed by atoms with Crippen molar-refractivity contribution in [1.29, 1.82) is 0 Å². The molecule has 4 aromatic rings. The van der Waals surface area contributed by atoms with Crippen LogP contribution in [0, 0.1) is 11.8 Å². The van der Waals surface area contributed by atoms with Gasteiger partial charge in [0, 0.05) is 34.0 Å². The summed E-state index contributed by atoms with van der Waals surface area (Å²) in [5.74, 6) is 0.763. The van der Waals surface area contributed by atoms with Crippen molar-refractivity contribution >= 4 is 57.0 Å². The number of aryl methyl sites for hydroxylation is 2. The maximum atomic E-state index is 15.1. The highest BCUT2D eigenvalue weighted by molar-refractivity contribution is 7.14. The summed E-state index contributed by atoms with van der Waals surface area (Å²) in [5, 5.41) is 4.63. The number of hydrogen-bond donors (Lipinski definition) is 0. The molecular formula is C52H70N2O2S2. The van der Waals surface area contributed by atoms with Gasteiger partial charge in [-0.3, -0.25) is 9.59 Å². The Balaban J connectivity index is 1.42. The first-order valence-corrected chi connectivity index (χ1v) is 24.9. The minimum absolute atomic E-state index is 0.0193. The van der Waals surface area contributed by atoms with Crippen molar-refractivity contribution in [2.24, 2.45) is 11.8 Å². The van der Waals surface area contributed by atoms with Crippen LogP contribution in [0.25, 0.3) is 32.0 Å². The number of amides is 2. The van der Waals surface area contributed by atoms with Crippen LogP contribution in [0.1, 0.15) is 167 Å². The van der Waals surface area contributed by atoms with E-state index in [1.165, 1.54) is 72.2 Å². The van der Waals surface area contributed by atoms with Crippen molar-refractivity contribution in [3.05, 3.63) is 81.5 Å². The molecule has 2 aliphatic heterocycles. The van der Waals surface area contributed by atoms with Gasteiger partial charge in [-0.2, -0.15) is 0 Å². The zero-order chi connectivity index (χ0) is 41.0. The molecular weight excluding hydrogens is 749 g/mol. The van der Waals surface area contributed by atoms with Crippen LogP contribution in [-0.4, -0.2) is 24.9 Å². The number of carbonyl (C=O) groups excluding carboxylic acids is 2. The molecule has 0 saturated carbocycles. The summed E-state index contributed by atoms with van der Waals surface area (Å²) in [4.78, 5) is 36.8. The van der Waals surface area contributed by atoms with Crippen LogP contribution >= 0.6 is 22.7 Å². The summed E-state index contributed by atoms with van der Waals surface area (Å²) < 4.78 is 0. The molecule has 2 aliphatic rings. The molecule has 58 heavy (non-hydrogen) atoms. The number of anilines is 2. The van der Waals surface area contributed by atoms with E-state index in [9.17, 15) is 0 Å². The van der Waals surface area contributed by atoms with Gasteiger partial charge in [0.05, 0.1) is 22.5 Å². The standard InChI is InChI=1S/C52H70N2O2S2/c1-7-13-17-19-23-39-29-47(57-35-39)41-25-27-43-45(31-41)53(33-37(11-5)21-15-9-3)51(55)49(43)50-44-28-26-42(48-30-40(36-58-48)24-20-18-14-8-2)32-46(44)54(52(50)56)34-38(12-6)22-16-10-4/h25-32,35-38H,7-24,33-34H2,1-6H3/b50-49+. The number of fused-ring (bicyclic) bond motifs is 2. The lowest BCUT2D eigenvalue weighted by Crippen LogP contribution is -2.34. The van der Waals surface area contributed by atoms with Crippen molar-refractivity contribution in [3.63, 3.8) is 0 Å². The smallest absolute Gasteiger partial charge is 0.259 e. The Hall–Kier alpha value is -3.48. The maximum Gasteiger partial charge on any atom is 0.259 e. The van der Waals surface area contributed by atoms with Gasteiger partial charge in [-0.1, -0.05) is 143 Å². The third-order valence-electron chi connectivity index (χ3n) is 12.8. The zero-order valence-corrected chi connectivity index (χ0v) is 38.2. The van der Waals surface area contributed by atoms with Crippen LogP contribution in [0.4, 0.5) is 11.4 Å². The second-order valence-electron chi connectivity index (χ2n) is 17.1. The number of hydrogen-bond acceptors (Lipinski definition) is 4. The van der Waals surface area contributed by atoms with E-state index in [-0.39, 0.29) is 11.8 Å². The first-order chi connectivity index (χ1) is 28.3. The average molecular weight is 819 g/mol. The maximum absolute atomic E-state index is 15.1. The molecule has 4 heterocycles. The van der Waals surface area contributed by atoms with Crippen LogP contribution < -0.4 is 9.80 Å². The fourth-order valence-corrected chi connectivity index (χ4v) is 10.9. The first-order valence-electron chi connectivity index (χ1n) is 23.2. The van der Waals surface area contributed by atoms with E-state index in [1.54, 1.807) is 22.7 Å². The van der Waals surface area contributed by atoms with Gasteiger partial charge < -0.3 is 9.80 Å². The van der Waals surface area contributed by atoms with Crippen molar-refractivity contribution in [2.75, 3.05) is 22.9 Å². The van der Waals surface area contributed by atoms with Gasteiger partial charge in [0.25, 0.3) is 11.8 Å². The molecule has 2 aromatic heterocycles. The summed E-state index contributed by atoms with van der Waals surface area (Å²) in [6.07, 6.45) is 21.1. The zero-order valence-electron chi connectivity index (χ0n) is 36.6. The van der Waals surface area contributed by atoms with E-state index in [0.29, 0.717) is 36.1 Å². The molecule has 2 amide bonds. The Labute approximate surface area is 359 Å². The highest BCUT2D eigenvalue weighted by atomic mass is 32.1. The van der Waals surface area contributed by atoms with Gasteiger partial charge in [-0.05, 0) is 108 Å². The fraction of sp³-hybridized carbons (Fsp3) is 0.538. The molecule has 2 unspecified atom stereocenters. The van der Waals surface area contributed by atoms with Crippen molar-refractivity contribution in [2.45, 2.75) is 157 Å². The Morgan fingerprint density at radius 1 is 0.500 bits per heavy atom. The molecule has 2 atom stereocenters. The number of unbranched alkanes of at least 4 members (excludes halogenated alkanes) is 8. The van der Waals surface area contributed by atoms with Gasteiger partial charge in [0.2, 0.25) is 0 Å². The SMILES string of the molecule is CCCCCCc1csc(-c2ccc3c(c2)N(CC(CC)CCCC)C(=O)/C3=C2/C(=O)N(CC(CC)CCCC)c3cc(-c4cc(CCCCCC)cs4)ccc32)c1. The molecule has 2 aromatic carbocycles. The number of benzene rings is 2. The second-order valence-corrected chi connectivity index (χ2v) is 19.0. The summed E-state index contributed by atoms with van der Waals surface area (Å²) in [6.45, 7) is 14.9. The van der Waals surface area contributed by atoms with Crippen LogP contribution in [0.15, 0.2) is 59.3 Å². The molecule has 4 nitrogen and oxygen atoms in total. The predicted octanol–water partition coefficient (Wildman–Crippen LogP) is 15.4. The predicted molar refractivity (Wildman–Crippen MR) is 253 cm³/mol. The van der Waals surface area contributed by atoms with Gasteiger partial charge >= 0.3 is 0 Å². The molecule has 0 fully saturated rings. The third-order valence-corrected chi connectivity index (χ3v) is 14.8. The summed E-state index contributed by atoms with van der Waals surface area (Å²) in [5.41, 5.74) is 10.0. The van der Waals surface area contributed by atoms with Crippen molar-refractivity contribution in [3.8, 4) is 20.9 Å². The van der Waals surface area contributed by atoms with E-state index in [1.807, 2.05) is 9.80 Å². The largest absolute Gasteiger partial charge is 0.307 e. The quantitative estimate of drug-likeness (QED) is 0.0522. The minimum Gasteiger partial charge on any atom is -0.307 e. The van der Waals surface area contributed by atoms with E-state index in [0.717, 1.165) is 97.8 Å². The monoisotopic (exact) mass is 818 g/mol. The fourth-order valence-electron chi connectivity index (χ4n) is 8.98. The Bertz CT molecular complexity index is 1860. The Morgan fingerprint density at radius 2 is 0.914 bits per heavy atom. The molecule has 0 bridgehead atoms. The number of nitrogens with zero attached hydrogens (tertiary/aromatic N) is 2. The van der Waals surface area contributed by atoms with Crippen LogP contribution in [0.3, 0.4) is 0 Å². The Kier molecular flexibility index (Phi) is 16.5. The molecule has 6 rings (SSSR count). The van der Waals surface area contributed by atoms with Gasteiger partial charge in [0.15, 0.2) is 0 Å². The van der Waals surface area contributed by atoms with Crippen LogP contribution in [0.5, 0.6) is 0 Å². The topological polar surface area (TPSA) is 40.6 Å². The highest BCUT2D eigenvalue weighted by Gasteiger charge is 2.43. The molecule has 0 N–H and O–H groups in total. The number of thiophene rings is 2. The van der Waals surface area contributed by atoms with E-state index in [2.05, 4.69) is 101 Å². The van der Waals surface area contributed by atoms with Crippen LogP contribution in [-0.2, 0) is 22.4 Å². The first kappa shape index (κ1) is 44.1. The van der Waals surface area contributed by atoms with Gasteiger partial charge in [-0.25, -0.2) is 0 Å². The average Bonchev–Trinajstić information content (AvgIpc) is 4.03. The molecule has 312 valence electrons. The van der Waals surface area contributed by atoms with Gasteiger partial charge in [-0.15, -0.1) is 22.7 Å². The van der Waals surface area contributed by atoms with E-state index in [4.69, 9.17) is 0 Å². The number of carbonyl (C=O) groups is 2. The number of rotatable bonds is 24. The third kappa shape index (κ3) is 10.3. The highest BCUT2D eigenvalue weighted by Crippen LogP contribution is 2.49. The normalized spacial score (nSPS) is 16.1.